The van der Waals surface area contributed by atoms with Crippen LogP contribution in [0.15, 0.2) is 48.5 Å². The van der Waals surface area contributed by atoms with Crippen LogP contribution in [0, 0.1) is 11.3 Å². The smallest absolute Gasteiger partial charge is 0.229 e. The summed E-state index contributed by atoms with van der Waals surface area (Å²) < 4.78 is 5.83. The molecule has 6 nitrogen and oxygen atoms in total. The van der Waals surface area contributed by atoms with Crippen LogP contribution in [0.25, 0.3) is 0 Å². The van der Waals surface area contributed by atoms with Gasteiger partial charge in [0.2, 0.25) is 5.95 Å². The molecule has 3 aromatic rings. The van der Waals surface area contributed by atoms with Crippen molar-refractivity contribution in [3.8, 4) is 11.8 Å². The molecular weight excluding hydrogens is 362 g/mol. The molecular formula is C23H21N5O. The zero-order chi connectivity index (χ0) is 19.6. The molecule has 0 saturated heterocycles. The molecule has 2 aromatic carbocycles. The van der Waals surface area contributed by atoms with Crippen molar-refractivity contribution in [2.24, 2.45) is 0 Å². The van der Waals surface area contributed by atoms with Crippen molar-refractivity contribution in [3.05, 3.63) is 70.9 Å². The Morgan fingerprint density at radius 3 is 2.86 bits per heavy atom. The average molecular weight is 383 g/mol. The fraction of sp³-hybridized carbons (Fsp3) is 0.261. The Kier molecular flexibility index (Phi) is 4.49. The Labute approximate surface area is 169 Å². The number of nitrogens with one attached hydrogen (secondary N) is 2. The summed E-state index contributed by atoms with van der Waals surface area (Å²) in [5.41, 5.74) is 4.93. The normalized spacial score (nSPS) is 17.4. The standard InChI is InChI=1S/C23H21N5O/c24-14-16-7-8-17-13-20(16)29-12-4-11-25-22-19-10-9-18(15-5-2-1-3-6-15)21(19)27-23(26-17)28-22/h1-3,5-8,13,18H,4,9-12H2,(H2,25,26,27,28). The second kappa shape index (κ2) is 7.44. The van der Waals surface area contributed by atoms with Gasteiger partial charge in [-0.3, -0.25) is 0 Å². The van der Waals surface area contributed by atoms with Gasteiger partial charge >= 0.3 is 0 Å². The topological polar surface area (TPSA) is 82.9 Å². The first-order valence-electron chi connectivity index (χ1n) is 9.95. The van der Waals surface area contributed by atoms with Gasteiger partial charge in [-0.05, 0) is 37.0 Å². The van der Waals surface area contributed by atoms with E-state index in [1.54, 1.807) is 6.07 Å². The fourth-order valence-corrected chi connectivity index (χ4v) is 4.08. The summed E-state index contributed by atoms with van der Waals surface area (Å²) in [5.74, 6) is 2.33. The van der Waals surface area contributed by atoms with E-state index >= 15 is 0 Å². The first-order chi connectivity index (χ1) is 14.3. The number of nitrogens with zero attached hydrogens (tertiary/aromatic N) is 3. The maximum Gasteiger partial charge on any atom is 0.229 e. The van der Waals surface area contributed by atoms with Crippen molar-refractivity contribution in [2.75, 3.05) is 23.8 Å². The third-order valence-electron chi connectivity index (χ3n) is 5.48. The van der Waals surface area contributed by atoms with Crippen molar-refractivity contribution >= 4 is 17.5 Å². The highest BCUT2D eigenvalue weighted by atomic mass is 16.5. The zero-order valence-electron chi connectivity index (χ0n) is 16.0. The van der Waals surface area contributed by atoms with Crippen LogP contribution < -0.4 is 15.4 Å². The molecule has 4 bridgehead atoms. The number of benzene rings is 2. The molecule has 1 aromatic heterocycles. The lowest BCUT2D eigenvalue weighted by molar-refractivity contribution is 0.314. The number of fused-ring (bicyclic) bond motifs is 6. The van der Waals surface area contributed by atoms with Crippen LogP contribution >= 0.6 is 0 Å². The Hall–Kier alpha value is -3.59. The molecule has 0 amide bonds. The predicted octanol–water partition coefficient (Wildman–Crippen LogP) is 4.36. The van der Waals surface area contributed by atoms with Gasteiger partial charge in [0.1, 0.15) is 17.6 Å². The quantitative estimate of drug-likeness (QED) is 0.649. The van der Waals surface area contributed by atoms with E-state index in [-0.39, 0.29) is 5.92 Å². The van der Waals surface area contributed by atoms with Gasteiger partial charge in [0.25, 0.3) is 0 Å². The highest BCUT2D eigenvalue weighted by Crippen LogP contribution is 2.40. The van der Waals surface area contributed by atoms with Gasteiger partial charge < -0.3 is 15.4 Å². The average Bonchev–Trinajstić information content (AvgIpc) is 3.18. The molecule has 29 heavy (non-hydrogen) atoms. The van der Waals surface area contributed by atoms with Crippen molar-refractivity contribution in [1.82, 2.24) is 9.97 Å². The zero-order valence-corrected chi connectivity index (χ0v) is 16.0. The lowest BCUT2D eigenvalue weighted by Gasteiger charge is -2.17. The lowest BCUT2D eigenvalue weighted by atomic mass is 9.97. The predicted molar refractivity (Wildman–Crippen MR) is 112 cm³/mol. The molecule has 0 fully saturated rings. The van der Waals surface area contributed by atoms with E-state index < -0.39 is 0 Å². The first-order valence-corrected chi connectivity index (χ1v) is 9.95. The van der Waals surface area contributed by atoms with Gasteiger partial charge in [0, 0.05) is 29.8 Å². The van der Waals surface area contributed by atoms with Crippen molar-refractivity contribution in [3.63, 3.8) is 0 Å². The molecule has 2 heterocycles. The highest BCUT2D eigenvalue weighted by molar-refractivity contribution is 5.63. The Morgan fingerprint density at radius 1 is 1.10 bits per heavy atom. The summed E-state index contributed by atoms with van der Waals surface area (Å²) in [6.07, 6.45) is 2.82. The summed E-state index contributed by atoms with van der Waals surface area (Å²) >= 11 is 0. The largest absolute Gasteiger partial charge is 0.492 e. The molecule has 6 heteroatoms. The molecule has 0 spiro atoms. The monoisotopic (exact) mass is 383 g/mol. The summed E-state index contributed by atoms with van der Waals surface area (Å²) in [6, 6.07) is 18.2. The molecule has 144 valence electrons. The fourth-order valence-electron chi connectivity index (χ4n) is 4.08. The highest BCUT2D eigenvalue weighted by Gasteiger charge is 2.29. The Balaban J connectivity index is 1.58. The van der Waals surface area contributed by atoms with Gasteiger partial charge in [-0.1, -0.05) is 30.3 Å². The minimum Gasteiger partial charge on any atom is -0.492 e. The number of aromatic nitrogens is 2. The van der Waals surface area contributed by atoms with Gasteiger partial charge in [-0.15, -0.1) is 0 Å². The summed E-state index contributed by atoms with van der Waals surface area (Å²) in [7, 11) is 0. The van der Waals surface area contributed by atoms with E-state index in [0.29, 0.717) is 23.9 Å². The molecule has 0 radical (unpaired) electrons. The summed E-state index contributed by atoms with van der Waals surface area (Å²) in [5, 5.41) is 16.1. The Bertz CT molecular complexity index is 1090. The maximum atomic E-state index is 9.32. The SMILES string of the molecule is N#Cc1ccc2cc1OCCCNc1nc(nc3c1CCC3c1ccccc1)N2. The van der Waals surface area contributed by atoms with Crippen LogP contribution in [0.2, 0.25) is 0 Å². The molecule has 1 atom stereocenters. The van der Waals surface area contributed by atoms with E-state index in [2.05, 4.69) is 41.0 Å². The third-order valence-corrected chi connectivity index (χ3v) is 5.48. The second-order valence-corrected chi connectivity index (χ2v) is 7.34. The molecule has 1 aliphatic carbocycles. The van der Waals surface area contributed by atoms with Crippen molar-refractivity contribution in [1.29, 1.82) is 5.26 Å². The molecule has 1 aliphatic heterocycles. The number of hydrogen-bond donors (Lipinski definition) is 2. The van der Waals surface area contributed by atoms with Crippen molar-refractivity contribution < 1.29 is 4.74 Å². The van der Waals surface area contributed by atoms with Crippen LogP contribution in [-0.2, 0) is 6.42 Å². The van der Waals surface area contributed by atoms with E-state index in [9.17, 15) is 5.26 Å². The molecule has 1 unspecified atom stereocenters. The molecule has 0 saturated carbocycles. The minimum absolute atomic E-state index is 0.281. The van der Waals surface area contributed by atoms with Gasteiger partial charge in [0.15, 0.2) is 0 Å². The van der Waals surface area contributed by atoms with E-state index in [0.717, 1.165) is 43.0 Å². The van der Waals surface area contributed by atoms with Crippen molar-refractivity contribution in [2.45, 2.75) is 25.2 Å². The number of ether oxygens (including phenoxy) is 1. The van der Waals surface area contributed by atoms with Gasteiger partial charge in [-0.2, -0.15) is 10.2 Å². The van der Waals surface area contributed by atoms with Gasteiger partial charge in [-0.25, -0.2) is 4.98 Å². The Morgan fingerprint density at radius 2 is 2.00 bits per heavy atom. The number of rotatable bonds is 1. The summed E-state index contributed by atoms with van der Waals surface area (Å²) in [6.45, 7) is 1.29. The van der Waals surface area contributed by atoms with Crippen LogP contribution in [-0.4, -0.2) is 23.1 Å². The van der Waals surface area contributed by atoms with Crippen LogP contribution in [0.5, 0.6) is 5.75 Å². The number of anilines is 3. The molecule has 2 N–H and O–H groups in total. The second-order valence-electron chi connectivity index (χ2n) is 7.34. The maximum absolute atomic E-state index is 9.32. The van der Waals surface area contributed by atoms with E-state index in [1.807, 2.05) is 18.2 Å². The summed E-state index contributed by atoms with van der Waals surface area (Å²) in [4.78, 5) is 9.66. The van der Waals surface area contributed by atoms with Crippen LogP contribution in [0.3, 0.4) is 0 Å². The molecule has 5 rings (SSSR count). The van der Waals surface area contributed by atoms with Gasteiger partial charge in [0.05, 0.1) is 17.9 Å². The van der Waals surface area contributed by atoms with E-state index in [1.165, 1.54) is 11.1 Å². The molecule has 2 aliphatic rings. The number of nitriles is 1. The van der Waals surface area contributed by atoms with Crippen LogP contribution in [0.4, 0.5) is 17.5 Å². The first kappa shape index (κ1) is 17.5. The number of hydrogen-bond acceptors (Lipinski definition) is 6. The van der Waals surface area contributed by atoms with Crippen LogP contribution in [0.1, 0.15) is 41.1 Å². The minimum atomic E-state index is 0.281. The third kappa shape index (κ3) is 3.36. The van der Waals surface area contributed by atoms with E-state index in [4.69, 9.17) is 14.7 Å². The lowest BCUT2D eigenvalue weighted by Crippen LogP contribution is -2.14.